The lowest BCUT2D eigenvalue weighted by Gasteiger charge is -2.24. The fourth-order valence-electron chi connectivity index (χ4n) is 3.67. The minimum absolute atomic E-state index is 0.0244. The Morgan fingerprint density at radius 3 is 2.32 bits per heavy atom. The van der Waals surface area contributed by atoms with Gasteiger partial charge in [-0.1, -0.05) is 64.4 Å². The number of anilines is 1. The molecule has 0 saturated carbocycles. The molecule has 2 aromatic carbocycles. The zero-order valence-corrected chi connectivity index (χ0v) is 22.1. The van der Waals surface area contributed by atoms with Crippen molar-refractivity contribution in [2.75, 3.05) is 18.4 Å². The van der Waals surface area contributed by atoms with Gasteiger partial charge in [-0.15, -0.1) is 0 Å². The standard InChI is InChI=1S/C27H30ClF3N4O2/c1-17(2)15-34(25(37)18-9-8-10-19(13-18)27(29,30)31)16-24(36)32-23-14-22(26(3,4)5)33-35(23)21-12-7-6-11-20(21)28/h6-14,17H,15-16H2,1-5H3,(H,32,36). The smallest absolute Gasteiger partial charge is 0.329 e. The zero-order valence-electron chi connectivity index (χ0n) is 21.4. The largest absolute Gasteiger partial charge is 0.416 e. The van der Waals surface area contributed by atoms with Gasteiger partial charge in [0.15, 0.2) is 0 Å². The fraction of sp³-hybridized carbons (Fsp3) is 0.370. The summed E-state index contributed by atoms with van der Waals surface area (Å²) in [6.45, 7) is 9.48. The Morgan fingerprint density at radius 2 is 1.73 bits per heavy atom. The monoisotopic (exact) mass is 534 g/mol. The molecule has 10 heteroatoms. The highest BCUT2D eigenvalue weighted by molar-refractivity contribution is 6.32. The minimum Gasteiger partial charge on any atom is -0.329 e. The SMILES string of the molecule is CC(C)CN(CC(=O)Nc1cc(C(C)(C)C)nn1-c1ccccc1Cl)C(=O)c1cccc(C(F)(F)F)c1. The van der Waals surface area contributed by atoms with Crippen molar-refractivity contribution in [1.82, 2.24) is 14.7 Å². The predicted molar refractivity (Wildman–Crippen MR) is 138 cm³/mol. The molecule has 1 aromatic heterocycles. The quantitative estimate of drug-likeness (QED) is 0.372. The number of nitrogens with one attached hydrogen (secondary N) is 1. The van der Waals surface area contributed by atoms with Crippen molar-refractivity contribution in [3.8, 4) is 5.69 Å². The fourth-order valence-corrected chi connectivity index (χ4v) is 3.89. The van der Waals surface area contributed by atoms with Crippen molar-refractivity contribution in [3.63, 3.8) is 0 Å². The van der Waals surface area contributed by atoms with Gasteiger partial charge in [-0.05, 0) is 36.2 Å². The first-order valence-corrected chi connectivity index (χ1v) is 12.2. The molecule has 1 heterocycles. The summed E-state index contributed by atoms with van der Waals surface area (Å²) < 4.78 is 41.1. The van der Waals surface area contributed by atoms with Crippen LogP contribution in [0.25, 0.3) is 5.69 Å². The number of carbonyl (C=O) groups excluding carboxylic acids is 2. The van der Waals surface area contributed by atoms with Crippen LogP contribution in [0.4, 0.5) is 19.0 Å². The van der Waals surface area contributed by atoms with Crippen molar-refractivity contribution in [1.29, 1.82) is 0 Å². The number of aromatic nitrogens is 2. The Bertz CT molecular complexity index is 1280. The van der Waals surface area contributed by atoms with Crippen molar-refractivity contribution in [2.45, 2.75) is 46.2 Å². The Labute approximate surface area is 219 Å². The maximum absolute atomic E-state index is 13.2. The number of carbonyl (C=O) groups is 2. The van der Waals surface area contributed by atoms with Gasteiger partial charge in [0.25, 0.3) is 5.91 Å². The van der Waals surface area contributed by atoms with Crippen molar-refractivity contribution in [3.05, 3.63) is 76.4 Å². The normalized spacial score (nSPS) is 12.1. The molecule has 0 unspecified atom stereocenters. The second-order valence-corrected chi connectivity index (χ2v) is 10.6. The van der Waals surface area contributed by atoms with E-state index in [0.717, 1.165) is 12.1 Å². The van der Waals surface area contributed by atoms with Crippen LogP contribution in [-0.2, 0) is 16.4 Å². The van der Waals surface area contributed by atoms with Gasteiger partial charge in [0.05, 0.1) is 22.0 Å². The lowest BCUT2D eigenvalue weighted by molar-refractivity contribution is -0.137. The molecule has 0 aliphatic heterocycles. The van der Waals surface area contributed by atoms with Crippen LogP contribution in [0.5, 0.6) is 0 Å². The topological polar surface area (TPSA) is 67.2 Å². The number of nitrogens with zero attached hydrogens (tertiary/aromatic N) is 3. The van der Waals surface area contributed by atoms with E-state index < -0.39 is 23.6 Å². The van der Waals surface area contributed by atoms with E-state index in [1.54, 1.807) is 30.3 Å². The summed E-state index contributed by atoms with van der Waals surface area (Å²) in [6, 6.07) is 13.0. The second kappa shape index (κ2) is 11.0. The highest BCUT2D eigenvalue weighted by Gasteiger charge is 2.32. The van der Waals surface area contributed by atoms with Crippen LogP contribution in [-0.4, -0.2) is 39.6 Å². The summed E-state index contributed by atoms with van der Waals surface area (Å²) in [4.78, 5) is 27.5. The number of hydrogen-bond acceptors (Lipinski definition) is 3. The second-order valence-electron chi connectivity index (χ2n) is 10.2. The van der Waals surface area contributed by atoms with Gasteiger partial charge in [-0.25, -0.2) is 4.68 Å². The third-order valence-electron chi connectivity index (χ3n) is 5.47. The first-order chi connectivity index (χ1) is 17.2. The molecule has 2 amide bonds. The van der Waals surface area contributed by atoms with Gasteiger partial charge in [0.1, 0.15) is 12.4 Å². The molecular weight excluding hydrogens is 505 g/mol. The molecule has 0 atom stereocenters. The molecule has 3 aromatic rings. The number of alkyl halides is 3. The van der Waals surface area contributed by atoms with Gasteiger partial charge in [-0.3, -0.25) is 9.59 Å². The molecule has 6 nitrogen and oxygen atoms in total. The first-order valence-electron chi connectivity index (χ1n) is 11.8. The van der Waals surface area contributed by atoms with E-state index in [-0.39, 0.29) is 30.0 Å². The van der Waals surface area contributed by atoms with E-state index in [4.69, 9.17) is 11.6 Å². The van der Waals surface area contributed by atoms with E-state index in [1.807, 2.05) is 34.6 Å². The van der Waals surface area contributed by atoms with Crippen molar-refractivity contribution in [2.24, 2.45) is 5.92 Å². The summed E-state index contributed by atoms with van der Waals surface area (Å²) >= 11 is 6.38. The first kappa shape index (κ1) is 28.2. The number of para-hydroxylation sites is 1. The van der Waals surface area contributed by atoms with Crippen molar-refractivity contribution < 1.29 is 22.8 Å². The lowest BCUT2D eigenvalue weighted by Crippen LogP contribution is -2.40. The molecule has 0 saturated heterocycles. The molecule has 0 radical (unpaired) electrons. The predicted octanol–water partition coefficient (Wildman–Crippen LogP) is 6.58. The summed E-state index contributed by atoms with van der Waals surface area (Å²) in [5, 5.41) is 7.88. The zero-order chi connectivity index (χ0) is 27.5. The third-order valence-corrected chi connectivity index (χ3v) is 5.79. The van der Waals surface area contributed by atoms with E-state index >= 15 is 0 Å². The van der Waals surface area contributed by atoms with Crippen molar-refractivity contribution >= 4 is 29.2 Å². The van der Waals surface area contributed by atoms with Gasteiger partial charge in [-0.2, -0.15) is 18.3 Å². The molecule has 37 heavy (non-hydrogen) atoms. The average Bonchev–Trinajstić information content (AvgIpc) is 3.21. The van der Waals surface area contributed by atoms with Crippen LogP contribution >= 0.6 is 11.6 Å². The summed E-state index contributed by atoms with van der Waals surface area (Å²) in [5.74, 6) is -0.845. The van der Waals surface area contributed by atoms with Gasteiger partial charge in [0, 0.05) is 23.6 Å². The highest BCUT2D eigenvalue weighted by Crippen LogP contribution is 2.31. The highest BCUT2D eigenvalue weighted by atomic mass is 35.5. The lowest BCUT2D eigenvalue weighted by atomic mass is 9.92. The number of benzene rings is 2. The van der Waals surface area contributed by atoms with Gasteiger partial charge >= 0.3 is 6.18 Å². The molecule has 0 aliphatic carbocycles. The van der Waals surface area contributed by atoms with Crippen LogP contribution in [0.1, 0.15) is 56.2 Å². The minimum atomic E-state index is -4.58. The molecule has 0 aliphatic rings. The van der Waals surface area contributed by atoms with Gasteiger partial charge < -0.3 is 10.2 Å². The average molecular weight is 535 g/mol. The molecular formula is C27H30ClF3N4O2. The summed E-state index contributed by atoms with van der Waals surface area (Å²) in [6.07, 6.45) is -4.58. The summed E-state index contributed by atoms with van der Waals surface area (Å²) in [5.41, 5.74) is -0.115. The van der Waals surface area contributed by atoms with E-state index in [0.29, 0.717) is 22.2 Å². The Balaban J connectivity index is 1.90. The number of hydrogen-bond donors (Lipinski definition) is 1. The number of halogens is 4. The molecule has 1 N–H and O–H groups in total. The van der Waals surface area contributed by atoms with Crippen LogP contribution in [0, 0.1) is 5.92 Å². The van der Waals surface area contributed by atoms with Gasteiger partial charge in [0.2, 0.25) is 5.91 Å². The number of amides is 2. The molecule has 0 fully saturated rings. The van der Waals surface area contributed by atoms with Crippen LogP contribution in [0.15, 0.2) is 54.6 Å². The van der Waals surface area contributed by atoms with Crippen LogP contribution in [0.2, 0.25) is 5.02 Å². The molecule has 3 rings (SSSR count). The molecule has 0 bridgehead atoms. The van der Waals surface area contributed by atoms with E-state index in [9.17, 15) is 22.8 Å². The maximum atomic E-state index is 13.2. The summed E-state index contributed by atoms with van der Waals surface area (Å²) in [7, 11) is 0. The Morgan fingerprint density at radius 1 is 1.05 bits per heavy atom. The van der Waals surface area contributed by atoms with Crippen LogP contribution in [0.3, 0.4) is 0 Å². The molecule has 0 spiro atoms. The molecule has 198 valence electrons. The number of rotatable bonds is 7. The van der Waals surface area contributed by atoms with E-state index in [2.05, 4.69) is 10.4 Å². The Hall–Kier alpha value is -3.33. The Kier molecular flexibility index (Phi) is 8.37. The van der Waals surface area contributed by atoms with Crippen LogP contribution < -0.4 is 5.32 Å². The third kappa shape index (κ3) is 7.13. The maximum Gasteiger partial charge on any atom is 0.416 e. The van der Waals surface area contributed by atoms with E-state index in [1.165, 1.54) is 21.7 Å².